The van der Waals surface area contributed by atoms with E-state index in [1.54, 1.807) is 24.3 Å². The molecular formula is C28H25IN2O5S. The summed E-state index contributed by atoms with van der Waals surface area (Å²) in [6.07, 6.45) is 1.68. The van der Waals surface area contributed by atoms with Crippen molar-refractivity contribution in [3.8, 4) is 11.5 Å². The third-order valence-electron chi connectivity index (χ3n) is 5.33. The Kier molecular flexibility index (Phi) is 8.88. The maximum absolute atomic E-state index is 13.0. The molecular weight excluding hydrogens is 603 g/mol. The summed E-state index contributed by atoms with van der Waals surface area (Å²) in [7, 11) is 0. The first kappa shape index (κ1) is 26.7. The molecule has 1 saturated heterocycles. The lowest BCUT2D eigenvalue weighted by Gasteiger charge is -2.15. The maximum atomic E-state index is 13.0. The van der Waals surface area contributed by atoms with Gasteiger partial charge in [0.2, 0.25) is 0 Å². The molecule has 0 atom stereocenters. The zero-order valence-electron chi connectivity index (χ0n) is 20.3. The Morgan fingerprint density at radius 1 is 1.05 bits per heavy atom. The summed E-state index contributed by atoms with van der Waals surface area (Å²) in [5.74, 6) is 0.265. The molecule has 0 radical (unpaired) electrons. The van der Waals surface area contributed by atoms with Crippen LogP contribution in [0.1, 0.15) is 23.6 Å². The molecule has 0 bridgehead atoms. The van der Waals surface area contributed by atoms with E-state index in [1.165, 1.54) is 4.90 Å². The van der Waals surface area contributed by atoms with Gasteiger partial charge in [-0.2, -0.15) is 0 Å². The van der Waals surface area contributed by atoms with Crippen LogP contribution in [0.15, 0.2) is 71.6 Å². The molecule has 0 spiro atoms. The number of nitrogens with one attached hydrogen (secondary N) is 1. The highest BCUT2D eigenvalue weighted by Gasteiger charge is 2.35. The molecule has 9 heteroatoms. The molecule has 0 unspecified atom stereocenters. The minimum Gasteiger partial charge on any atom is -0.490 e. The first-order valence-corrected chi connectivity index (χ1v) is 13.5. The van der Waals surface area contributed by atoms with E-state index in [0.717, 1.165) is 22.9 Å². The highest BCUT2D eigenvalue weighted by Crippen LogP contribution is 2.38. The van der Waals surface area contributed by atoms with Gasteiger partial charge in [-0.15, -0.1) is 0 Å². The van der Waals surface area contributed by atoms with E-state index in [4.69, 9.17) is 9.47 Å². The van der Waals surface area contributed by atoms with E-state index < -0.39 is 0 Å². The average molecular weight is 628 g/mol. The van der Waals surface area contributed by atoms with Crippen LogP contribution in [0.5, 0.6) is 11.5 Å². The second kappa shape index (κ2) is 12.3. The van der Waals surface area contributed by atoms with Crippen LogP contribution in [0, 0.1) is 10.5 Å². The lowest BCUT2D eigenvalue weighted by molar-refractivity contribution is -0.123. The standard InChI is InChI=1S/C28H25IN2O5S/c1-3-35-23-14-20(13-22(29)26(23)36-17-25(32)30-21-10-5-4-6-11-21)15-24-27(33)31(28(34)37-24)16-19-9-7-8-18(2)12-19/h4-15H,3,16-17H2,1-2H3,(H,30,32)/b24-15-. The molecule has 190 valence electrons. The number of hydrogen-bond acceptors (Lipinski definition) is 6. The average Bonchev–Trinajstić information content (AvgIpc) is 3.11. The number of carbonyl (C=O) groups excluding carboxylic acids is 3. The van der Waals surface area contributed by atoms with E-state index in [9.17, 15) is 14.4 Å². The van der Waals surface area contributed by atoms with Gasteiger partial charge in [-0.1, -0.05) is 48.0 Å². The van der Waals surface area contributed by atoms with Crippen molar-refractivity contribution in [1.82, 2.24) is 4.90 Å². The molecule has 3 aromatic rings. The third kappa shape index (κ3) is 6.92. The zero-order chi connectivity index (χ0) is 26.4. The van der Waals surface area contributed by atoms with Gasteiger partial charge in [0.05, 0.1) is 21.6 Å². The molecule has 37 heavy (non-hydrogen) atoms. The van der Waals surface area contributed by atoms with Crippen LogP contribution in [0.4, 0.5) is 10.5 Å². The van der Waals surface area contributed by atoms with Gasteiger partial charge in [0.1, 0.15) is 0 Å². The molecule has 1 aliphatic rings. The predicted octanol–water partition coefficient (Wildman–Crippen LogP) is 6.25. The summed E-state index contributed by atoms with van der Waals surface area (Å²) in [5.41, 5.74) is 3.34. The number of carbonyl (C=O) groups is 3. The van der Waals surface area contributed by atoms with Crippen LogP contribution in [0.25, 0.3) is 6.08 Å². The molecule has 1 N–H and O–H groups in total. The first-order chi connectivity index (χ1) is 17.8. The Labute approximate surface area is 233 Å². The van der Waals surface area contributed by atoms with Crippen molar-refractivity contribution in [1.29, 1.82) is 0 Å². The molecule has 1 aliphatic heterocycles. The number of ether oxygens (including phenoxy) is 2. The lowest BCUT2D eigenvalue weighted by atomic mass is 10.1. The number of imide groups is 1. The molecule has 0 aliphatic carbocycles. The summed E-state index contributed by atoms with van der Waals surface area (Å²) in [4.78, 5) is 39.5. The van der Waals surface area contributed by atoms with Gasteiger partial charge in [0.15, 0.2) is 18.1 Å². The third-order valence-corrected chi connectivity index (χ3v) is 7.04. The summed E-state index contributed by atoms with van der Waals surface area (Å²) >= 11 is 3.02. The molecule has 4 rings (SSSR count). The molecule has 1 heterocycles. The smallest absolute Gasteiger partial charge is 0.293 e. The number of aryl methyl sites for hydroxylation is 1. The van der Waals surface area contributed by atoms with Gasteiger partial charge >= 0.3 is 0 Å². The number of para-hydroxylation sites is 1. The Hall–Kier alpha value is -3.31. The van der Waals surface area contributed by atoms with Crippen LogP contribution >= 0.6 is 34.4 Å². The molecule has 1 fully saturated rings. The topological polar surface area (TPSA) is 84.9 Å². The number of nitrogens with zero attached hydrogens (tertiary/aromatic N) is 1. The number of anilines is 1. The Morgan fingerprint density at radius 3 is 2.57 bits per heavy atom. The minimum absolute atomic E-state index is 0.192. The molecule has 7 nitrogen and oxygen atoms in total. The van der Waals surface area contributed by atoms with Crippen LogP contribution in [0.2, 0.25) is 0 Å². The highest BCUT2D eigenvalue weighted by atomic mass is 127. The number of rotatable bonds is 9. The number of benzene rings is 3. The van der Waals surface area contributed by atoms with Gasteiger partial charge in [-0.25, -0.2) is 0 Å². The van der Waals surface area contributed by atoms with Crippen LogP contribution in [-0.2, 0) is 16.1 Å². The number of amides is 3. The maximum Gasteiger partial charge on any atom is 0.293 e. The van der Waals surface area contributed by atoms with Crippen LogP contribution < -0.4 is 14.8 Å². The SMILES string of the molecule is CCOc1cc(/C=C2\SC(=O)N(Cc3cccc(C)c3)C2=O)cc(I)c1OCC(=O)Nc1ccccc1. The van der Waals surface area contributed by atoms with Crippen molar-refractivity contribution < 1.29 is 23.9 Å². The summed E-state index contributed by atoms with van der Waals surface area (Å²) in [6.45, 7) is 4.24. The lowest BCUT2D eigenvalue weighted by Crippen LogP contribution is -2.27. The first-order valence-electron chi connectivity index (χ1n) is 11.6. The number of thioether (sulfide) groups is 1. The predicted molar refractivity (Wildman–Crippen MR) is 154 cm³/mol. The fourth-order valence-electron chi connectivity index (χ4n) is 3.71. The zero-order valence-corrected chi connectivity index (χ0v) is 23.3. The fraction of sp³-hybridized carbons (Fsp3) is 0.179. The second-order valence-corrected chi connectivity index (χ2v) is 10.4. The minimum atomic E-state index is -0.331. The monoisotopic (exact) mass is 628 g/mol. The summed E-state index contributed by atoms with van der Waals surface area (Å²) in [5, 5.41) is 2.48. The molecule has 3 amide bonds. The Morgan fingerprint density at radius 2 is 1.84 bits per heavy atom. The van der Waals surface area contributed by atoms with Crippen molar-refractivity contribution >= 4 is 63.2 Å². The van der Waals surface area contributed by atoms with E-state index >= 15 is 0 Å². The number of hydrogen-bond donors (Lipinski definition) is 1. The quantitative estimate of drug-likeness (QED) is 0.223. The Balaban J connectivity index is 1.49. The summed E-state index contributed by atoms with van der Waals surface area (Å²) < 4.78 is 12.3. The largest absolute Gasteiger partial charge is 0.490 e. The van der Waals surface area contributed by atoms with Gasteiger partial charge in [-0.05, 0) is 89.7 Å². The second-order valence-electron chi connectivity index (χ2n) is 8.22. The highest BCUT2D eigenvalue weighted by molar-refractivity contribution is 14.1. The van der Waals surface area contributed by atoms with Gasteiger partial charge < -0.3 is 14.8 Å². The van der Waals surface area contributed by atoms with Crippen molar-refractivity contribution in [3.05, 3.63) is 91.9 Å². The molecule has 0 aromatic heterocycles. The van der Waals surface area contributed by atoms with Crippen molar-refractivity contribution in [3.63, 3.8) is 0 Å². The van der Waals surface area contributed by atoms with E-state index in [-0.39, 0.29) is 30.2 Å². The van der Waals surface area contributed by atoms with Crippen molar-refractivity contribution in [2.75, 3.05) is 18.5 Å². The van der Waals surface area contributed by atoms with Crippen LogP contribution in [-0.4, -0.2) is 35.2 Å². The van der Waals surface area contributed by atoms with E-state index in [2.05, 4.69) is 27.9 Å². The van der Waals surface area contributed by atoms with E-state index in [1.807, 2.05) is 62.4 Å². The van der Waals surface area contributed by atoms with Gasteiger partial charge in [0, 0.05) is 5.69 Å². The number of halogens is 1. The molecule has 0 saturated carbocycles. The van der Waals surface area contributed by atoms with E-state index in [0.29, 0.717) is 37.8 Å². The van der Waals surface area contributed by atoms with Gasteiger partial charge in [-0.3, -0.25) is 19.3 Å². The fourth-order valence-corrected chi connectivity index (χ4v) is 5.33. The molecule has 3 aromatic carbocycles. The Bertz CT molecular complexity index is 1360. The van der Waals surface area contributed by atoms with Crippen LogP contribution in [0.3, 0.4) is 0 Å². The van der Waals surface area contributed by atoms with Crippen molar-refractivity contribution in [2.24, 2.45) is 0 Å². The van der Waals surface area contributed by atoms with Crippen molar-refractivity contribution in [2.45, 2.75) is 20.4 Å². The normalized spacial score (nSPS) is 14.2. The summed E-state index contributed by atoms with van der Waals surface area (Å²) in [6, 6.07) is 20.4. The van der Waals surface area contributed by atoms with Gasteiger partial charge in [0.25, 0.3) is 17.1 Å².